The van der Waals surface area contributed by atoms with E-state index in [1.807, 2.05) is 13.8 Å². The van der Waals surface area contributed by atoms with E-state index in [9.17, 15) is 18.4 Å². The maximum absolute atomic E-state index is 13.2. The van der Waals surface area contributed by atoms with Gasteiger partial charge in [-0.3, -0.25) is 14.9 Å². The van der Waals surface area contributed by atoms with Crippen molar-refractivity contribution in [1.29, 1.82) is 0 Å². The van der Waals surface area contributed by atoms with Crippen molar-refractivity contribution in [1.82, 2.24) is 15.1 Å². The van der Waals surface area contributed by atoms with E-state index in [0.29, 0.717) is 39.0 Å². The van der Waals surface area contributed by atoms with Crippen LogP contribution >= 0.6 is 12.4 Å². The summed E-state index contributed by atoms with van der Waals surface area (Å²) in [5.41, 5.74) is 0. The molecule has 0 aliphatic carbocycles. The van der Waals surface area contributed by atoms with Crippen molar-refractivity contribution in [3.8, 4) is 0 Å². The maximum atomic E-state index is 13.2. The van der Waals surface area contributed by atoms with E-state index in [0.717, 1.165) is 0 Å². The van der Waals surface area contributed by atoms with Gasteiger partial charge in [-0.1, -0.05) is 0 Å². The lowest BCUT2D eigenvalue weighted by Gasteiger charge is -2.34. The molecule has 0 saturated carbocycles. The molecule has 134 valence electrons. The number of likely N-dealkylation sites (tertiary alicyclic amines) is 1. The largest absolute Gasteiger partial charge is 0.343 e. The summed E-state index contributed by atoms with van der Waals surface area (Å²) in [5, 5.41) is 2.60. The Kier molecular flexibility index (Phi) is 7.20. The summed E-state index contributed by atoms with van der Waals surface area (Å²) in [7, 11) is 0. The second-order valence-electron chi connectivity index (χ2n) is 6.10. The Bertz CT molecular complexity index is 425. The fourth-order valence-electron chi connectivity index (χ4n) is 3.25. The Morgan fingerprint density at radius 1 is 1.22 bits per heavy atom. The molecule has 0 bridgehead atoms. The number of carbonyl (C=O) groups excluding carboxylic acids is 2. The first-order valence-electron chi connectivity index (χ1n) is 8.06. The fourth-order valence-corrected chi connectivity index (χ4v) is 3.25. The molecule has 2 aliphatic rings. The molecule has 2 saturated heterocycles. The minimum atomic E-state index is -2.79. The van der Waals surface area contributed by atoms with Gasteiger partial charge in [0.25, 0.3) is 5.92 Å². The monoisotopic (exact) mass is 353 g/mol. The predicted octanol–water partition coefficient (Wildman–Crippen LogP) is 1.51. The molecule has 0 aromatic carbocycles. The van der Waals surface area contributed by atoms with Crippen molar-refractivity contribution in [2.24, 2.45) is 5.92 Å². The number of alkyl halides is 2. The van der Waals surface area contributed by atoms with Gasteiger partial charge in [-0.25, -0.2) is 8.78 Å². The molecule has 1 atom stereocenters. The molecule has 2 fully saturated rings. The first kappa shape index (κ1) is 20.1. The van der Waals surface area contributed by atoms with Crippen molar-refractivity contribution in [2.45, 2.75) is 45.1 Å². The zero-order chi connectivity index (χ0) is 16.3. The van der Waals surface area contributed by atoms with E-state index in [2.05, 4.69) is 5.32 Å². The van der Waals surface area contributed by atoms with Crippen molar-refractivity contribution in [3.63, 3.8) is 0 Å². The molecule has 8 heteroatoms. The van der Waals surface area contributed by atoms with E-state index in [-0.39, 0.29) is 30.1 Å². The second kappa shape index (κ2) is 8.24. The van der Waals surface area contributed by atoms with Crippen LogP contribution in [0.3, 0.4) is 0 Å². The molecule has 23 heavy (non-hydrogen) atoms. The number of rotatable bonds is 4. The van der Waals surface area contributed by atoms with Gasteiger partial charge in [-0.05, 0) is 26.7 Å². The molecule has 2 amide bonds. The summed E-state index contributed by atoms with van der Waals surface area (Å²) in [5.74, 6) is -2.97. The third-order valence-corrected chi connectivity index (χ3v) is 4.64. The molecule has 0 radical (unpaired) electrons. The van der Waals surface area contributed by atoms with E-state index in [4.69, 9.17) is 0 Å². The van der Waals surface area contributed by atoms with Crippen LogP contribution in [0.1, 0.15) is 33.1 Å². The van der Waals surface area contributed by atoms with Gasteiger partial charge in [0.2, 0.25) is 11.8 Å². The van der Waals surface area contributed by atoms with Crippen molar-refractivity contribution in [2.75, 3.05) is 32.7 Å². The Morgan fingerprint density at radius 3 is 2.22 bits per heavy atom. The van der Waals surface area contributed by atoms with Crippen LogP contribution in [-0.4, -0.2) is 66.3 Å². The smallest absolute Gasteiger partial charge is 0.262 e. The van der Waals surface area contributed by atoms with Crippen LogP contribution < -0.4 is 5.32 Å². The number of piperidine rings is 1. The van der Waals surface area contributed by atoms with E-state index in [1.54, 1.807) is 9.80 Å². The molecule has 1 N–H and O–H groups in total. The number of nitrogens with one attached hydrogen (secondary N) is 1. The third kappa shape index (κ3) is 4.76. The summed E-state index contributed by atoms with van der Waals surface area (Å²) < 4.78 is 26.3. The van der Waals surface area contributed by atoms with Crippen LogP contribution in [0.2, 0.25) is 0 Å². The quantitative estimate of drug-likeness (QED) is 0.833. The number of hydrogen-bond donors (Lipinski definition) is 1. The molecule has 5 nitrogen and oxygen atoms in total. The molecule has 2 heterocycles. The number of hydrogen-bond acceptors (Lipinski definition) is 3. The van der Waals surface area contributed by atoms with Crippen molar-refractivity contribution < 1.29 is 18.4 Å². The van der Waals surface area contributed by atoms with Gasteiger partial charge >= 0.3 is 0 Å². The van der Waals surface area contributed by atoms with E-state index in [1.165, 1.54) is 0 Å². The molecule has 0 spiro atoms. The second-order valence-corrected chi connectivity index (χ2v) is 6.10. The lowest BCUT2D eigenvalue weighted by atomic mass is 9.94. The number of halogens is 3. The Balaban J connectivity index is 0.00000264. The Morgan fingerprint density at radius 2 is 1.78 bits per heavy atom. The summed E-state index contributed by atoms with van der Waals surface area (Å²) in [6.07, 6.45) is 0.804. The minimum absolute atomic E-state index is 0. The molecule has 2 rings (SSSR count). The van der Waals surface area contributed by atoms with Crippen molar-refractivity contribution >= 4 is 24.2 Å². The predicted molar refractivity (Wildman–Crippen MR) is 85.8 cm³/mol. The number of amides is 2. The van der Waals surface area contributed by atoms with Crippen LogP contribution in [0, 0.1) is 5.92 Å². The SMILES string of the molecule is CCN(CC)C(=O)C1CCN(C(=O)C2CC(F)(F)CN2)CC1.Cl. The first-order valence-corrected chi connectivity index (χ1v) is 8.06. The standard InChI is InChI=1S/C15H25F2N3O2.ClH/c1-3-19(4-2)13(21)11-5-7-20(8-6-11)14(22)12-9-15(16,17)10-18-12;/h11-12,18H,3-10H2,1-2H3;1H. The minimum Gasteiger partial charge on any atom is -0.343 e. The van der Waals surface area contributed by atoms with Crippen molar-refractivity contribution in [3.05, 3.63) is 0 Å². The maximum Gasteiger partial charge on any atom is 0.262 e. The topological polar surface area (TPSA) is 52.7 Å². The number of carbonyl (C=O) groups is 2. The average Bonchev–Trinajstić information content (AvgIpc) is 2.88. The number of nitrogens with zero attached hydrogens (tertiary/aromatic N) is 2. The fraction of sp³-hybridized carbons (Fsp3) is 0.867. The molecule has 0 aromatic rings. The highest BCUT2D eigenvalue weighted by atomic mass is 35.5. The summed E-state index contributed by atoms with van der Waals surface area (Å²) in [6.45, 7) is 5.80. The molecule has 1 unspecified atom stereocenters. The highest BCUT2D eigenvalue weighted by molar-refractivity contribution is 5.85. The lowest BCUT2D eigenvalue weighted by Crippen LogP contribution is -2.49. The van der Waals surface area contributed by atoms with Gasteiger partial charge in [-0.2, -0.15) is 0 Å². The van der Waals surface area contributed by atoms with E-state index >= 15 is 0 Å². The van der Waals surface area contributed by atoms with Gasteiger partial charge in [0.05, 0.1) is 12.6 Å². The molecular weight excluding hydrogens is 328 g/mol. The van der Waals surface area contributed by atoms with Gasteiger partial charge in [0.1, 0.15) is 0 Å². The van der Waals surface area contributed by atoms with E-state index < -0.39 is 24.9 Å². The molecule has 2 aliphatic heterocycles. The highest BCUT2D eigenvalue weighted by Crippen LogP contribution is 2.27. The van der Waals surface area contributed by atoms with Gasteiger partial charge < -0.3 is 9.80 Å². The van der Waals surface area contributed by atoms with Gasteiger partial charge in [0, 0.05) is 38.5 Å². The normalized spacial score (nSPS) is 24.2. The third-order valence-electron chi connectivity index (χ3n) is 4.64. The average molecular weight is 354 g/mol. The summed E-state index contributed by atoms with van der Waals surface area (Å²) >= 11 is 0. The summed E-state index contributed by atoms with van der Waals surface area (Å²) in [4.78, 5) is 28.0. The molecular formula is C15H26ClF2N3O2. The van der Waals surface area contributed by atoms with Crippen LogP contribution in [0.15, 0.2) is 0 Å². The molecule has 0 aromatic heterocycles. The van der Waals surface area contributed by atoms with Gasteiger partial charge in [0.15, 0.2) is 0 Å². The van der Waals surface area contributed by atoms with Crippen LogP contribution in [0.25, 0.3) is 0 Å². The first-order chi connectivity index (χ1) is 10.4. The summed E-state index contributed by atoms with van der Waals surface area (Å²) in [6, 6.07) is -0.787. The highest BCUT2D eigenvalue weighted by Gasteiger charge is 2.44. The van der Waals surface area contributed by atoms with Gasteiger partial charge in [-0.15, -0.1) is 12.4 Å². The van der Waals surface area contributed by atoms with Crippen LogP contribution in [-0.2, 0) is 9.59 Å². The Labute approximate surface area is 142 Å². The lowest BCUT2D eigenvalue weighted by molar-refractivity contribution is -0.141. The Hall–Kier alpha value is -0.950. The van der Waals surface area contributed by atoms with Crippen LogP contribution in [0.4, 0.5) is 8.78 Å². The van der Waals surface area contributed by atoms with Crippen LogP contribution in [0.5, 0.6) is 0 Å². The zero-order valence-electron chi connectivity index (χ0n) is 13.7. The zero-order valence-corrected chi connectivity index (χ0v) is 14.5.